The van der Waals surface area contributed by atoms with E-state index < -0.39 is 0 Å². The van der Waals surface area contributed by atoms with E-state index in [-0.39, 0.29) is 11.1 Å². The lowest BCUT2D eigenvalue weighted by Gasteiger charge is -2.36. The van der Waals surface area contributed by atoms with Crippen molar-refractivity contribution in [3.63, 3.8) is 0 Å². The second-order valence-electron chi connectivity index (χ2n) is 5.61. The van der Waals surface area contributed by atoms with E-state index in [0.717, 1.165) is 13.1 Å². The standard InChI is InChI=1S/C17H17Cl2N3O/c1-12-3-2-4-14(9-12)21-5-7-22(8-6-21)17(23)13-10-15(18)16(19)20-11-13/h2-4,9-11H,5-8H2,1H3. The molecule has 1 aromatic carbocycles. The molecule has 1 aliphatic heterocycles. The Kier molecular flexibility index (Phi) is 4.74. The average Bonchev–Trinajstić information content (AvgIpc) is 2.57. The molecule has 6 heteroatoms. The molecular weight excluding hydrogens is 333 g/mol. The predicted molar refractivity (Wildman–Crippen MR) is 93.6 cm³/mol. The third kappa shape index (κ3) is 3.59. The van der Waals surface area contributed by atoms with Crippen molar-refractivity contribution in [3.8, 4) is 0 Å². The van der Waals surface area contributed by atoms with Crippen molar-refractivity contribution in [1.82, 2.24) is 9.88 Å². The summed E-state index contributed by atoms with van der Waals surface area (Å²) in [6.07, 6.45) is 1.48. The van der Waals surface area contributed by atoms with Gasteiger partial charge in [0.15, 0.2) is 0 Å². The zero-order valence-corrected chi connectivity index (χ0v) is 14.3. The topological polar surface area (TPSA) is 36.4 Å². The van der Waals surface area contributed by atoms with E-state index in [0.29, 0.717) is 23.7 Å². The van der Waals surface area contributed by atoms with E-state index in [1.807, 2.05) is 4.90 Å². The quantitative estimate of drug-likeness (QED) is 0.776. The molecule has 2 aromatic rings. The number of hydrogen-bond donors (Lipinski definition) is 0. The molecule has 0 N–H and O–H groups in total. The van der Waals surface area contributed by atoms with Gasteiger partial charge in [-0.2, -0.15) is 0 Å². The highest BCUT2D eigenvalue weighted by Crippen LogP contribution is 2.22. The molecule has 0 unspecified atom stereocenters. The first-order chi connectivity index (χ1) is 11.0. The minimum atomic E-state index is -0.0556. The van der Waals surface area contributed by atoms with Gasteiger partial charge in [0, 0.05) is 38.1 Å². The van der Waals surface area contributed by atoms with Gasteiger partial charge in [-0.3, -0.25) is 4.79 Å². The summed E-state index contributed by atoms with van der Waals surface area (Å²) in [7, 11) is 0. The SMILES string of the molecule is Cc1cccc(N2CCN(C(=O)c3cnc(Cl)c(Cl)c3)CC2)c1. The lowest BCUT2D eigenvalue weighted by atomic mass is 10.1. The number of nitrogens with zero attached hydrogens (tertiary/aromatic N) is 3. The monoisotopic (exact) mass is 349 g/mol. The van der Waals surface area contributed by atoms with Crippen LogP contribution in [-0.2, 0) is 0 Å². The maximum Gasteiger partial charge on any atom is 0.255 e. The van der Waals surface area contributed by atoms with Crippen LogP contribution in [0.25, 0.3) is 0 Å². The third-order valence-electron chi connectivity index (χ3n) is 3.98. The number of pyridine rings is 1. The van der Waals surface area contributed by atoms with Crippen LogP contribution in [-0.4, -0.2) is 42.0 Å². The Morgan fingerprint density at radius 2 is 1.87 bits per heavy atom. The number of carbonyl (C=O) groups excluding carboxylic acids is 1. The zero-order chi connectivity index (χ0) is 16.4. The van der Waals surface area contributed by atoms with Gasteiger partial charge in [0.25, 0.3) is 5.91 Å². The fourth-order valence-corrected chi connectivity index (χ4v) is 2.98. The molecule has 1 amide bonds. The number of carbonyl (C=O) groups is 1. The molecule has 0 aliphatic carbocycles. The summed E-state index contributed by atoms with van der Waals surface area (Å²) in [6, 6.07) is 9.99. The lowest BCUT2D eigenvalue weighted by molar-refractivity contribution is 0.0746. The van der Waals surface area contributed by atoms with Crippen LogP contribution in [0.1, 0.15) is 15.9 Å². The minimum absolute atomic E-state index is 0.0556. The van der Waals surface area contributed by atoms with Gasteiger partial charge in [-0.1, -0.05) is 35.3 Å². The van der Waals surface area contributed by atoms with E-state index in [1.54, 1.807) is 6.07 Å². The number of aromatic nitrogens is 1. The Morgan fingerprint density at radius 3 is 2.52 bits per heavy atom. The lowest BCUT2D eigenvalue weighted by Crippen LogP contribution is -2.48. The first kappa shape index (κ1) is 16.1. The molecule has 3 rings (SSSR count). The Balaban J connectivity index is 1.66. The van der Waals surface area contributed by atoms with Crippen molar-refractivity contribution in [2.24, 2.45) is 0 Å². The van der Waals surface area contributed by atoms with Crippen molar-refractivity contribution in [2.75, 3.05) is 31.1 Å². The van der Waals surface area contributed by atoms with E-state index in [9.17, 15) is 4.79 Å². The van der Waals surface area contributed by atoms with Crippen molar-refractivity contribution in [1.29, 1.82) is 0 Å². The first-order valence-electron chi connectivity index (χ1n) is 7.46. The number of rotatable bonds is 2. The molecule has 1 aromatic heterocycles. The Labute approximate surface area is 145 Å². The van der Waals surface area contributed by atoms with Crippen LogP contribution in [0.3, 0.4) is 0 Å². The molecule has 0 spiro atoms. The van der Waals surface area contributed by atoms with Gasteiger partial charge in [-0.15, -0.1) is 0 Å². The Morgan fingerprint density at radius 1 is 1.13 bits per heavy atom. The molecule has 0 saturated carbocycles. The molecule has 1 saturated heterocycles. The third-order valence-corrected chi connectivity index (χ3v) is 4.66. The van der Waals surface area contributed by atoms with Gasteiger partial charge in [0.05, 0.1) is 10.6 Å². The van der Waals surface area contributed by atoms with Crippen molar-refractivity contribution in [3.05, 3.63) is 57.8 Å². The van der Waals surface area contributed by atoms with Crippen LogP contribution in [0.2, 0.25) is 10.2 Å². The van der Waals surface area contributed by atoms with Gasteiger partial charge >= 0.3 is 0 Å². The van der Waals surface area contributed by atoms with Gasteiger partial charge in [0.2, 0.25) is 0 Å². The van der Waals surface area contributed by atoms with Crippen LogP contribution >= 0.6 is 23.2 Å². The van der Waals surface area contributed by atoms with Gasteiger partial charge in [-0.25, -0.2) is 4.98 Å². The molecule has 120 valence electrons. The van der Waals surface area contributed by atoms with E-state index >= 15 is 0 Å². The van der Waals surface area contributed by atoms with Crippen LogP contribution in [0, 0.1) is 6.92 Å². The fraction of sp³-hybridized carbons (Fsp3) is 0.294. The van der Waals surface area contributed by atoms with Crippen LogP contribution in [0.15, 0.2) is 36.5 Å². The van der Waals surface area contributed by atoms with Gasteiger partial charge in [-0.05, 0) is 30.7 Å². The molecule has 0 bridgehead atoms. The number of amides is 1. The molecule has 1 fully saturated rings. The summed E-state index contributed by atoms with van der Waals surface area (Å²) in [5, 5.41) is 0.517. The number of hydrogen-bond acceptors (Lipinski definition) is 3. The van der Waals surface area contributed by atoms with Gasteiger partial charge in [0.1, 0.15) is 5.15 Å². The van der Waals surface area contributed by atoms with Crippen molar-refractivity contribution >= 4 is 34.8 Å². The molecule has 23 heavy (non-hydrogen) atoms. The second-order valence-corrected chi connectivity index (χ2v) is 6.38. The van der Waals surface area contributed by atoms with Gasteiger partial charge < -0.3 is 9.80 Å². The zero-order valence-electron chi connectivity index (χ0n) is 12.8. The average molecular weight is 350 g/mol. The summed E-state index contributed by atoms with van der Waals surface area (Å²) < 4.78 is 0. The molecule has 0 atom stereocenters. The van der Waals surface area contributed by atoms with E-state index in [1.165, 1.54) is 17.4 Å². The number of aryl methyl sites for hydroxylation is 1. The summed E-state index contributed by atoms with van der Waals surface area (Å²) >= 11 is 11.7. The van der Waals surface area contributed by atoms with Crippen LogP contribution in [0.4, 0.5) is 5.69 Å². The maximum atomic E-state index is 12.5. The molecule has 2 heterocycles. The molecule has 0 radical (unpaired) electrons. The van der Waals surface area contributed by atoms with E-state index in [2.05, 4.69) is 41.1 Å². The number of halogens is 2. The molecular formula is C17H17Cl2N3O. The van der Waals surface area contributed by atoms with Crippen LogP contribution in [0.5, 0.6) is 0 Å². The highest BCUT2D eigenvalue weighted by molar-refractivity contribution is 6.41. The first-order valence-corrected chi connectivity index (χ1v) is 8.22. The Bertz CT molecular complexity index is 728. The number of anilines is 1. The summed E-state index contributed by atoms with van der Waals surface area (Å²) in [5.41, 5.74) is 2.92. The number of piperazine rings is 1. The van der Waals surface area contributed by atoms with Crippen molar-refractivity contribution < 1.29 is 4.79 Å². The van der Waals surface area contributed by atoms with Crippen LogP contribution < -0.4 is 4.90 Å². The molecule has 1 aliphatic rings. The highest BCUT2D eigenvalue weighted by atomic mass is 35.5. The smallest absolute Gasteiger partial charge is 0.255 e. The summed E-state index contributed by atoms with van der Waals surface area (Å²) in [5.74, 6) is -0.0556. The normalized spacial score (nSPS) is 14.9. The predicted octanol–water partition coefficient (Wildman–Crippen LogP) is 3.66. The summed E-state index contributed by atoms with van der Waals surface area (Å²) in [4.78, 5) is 20.6. The number of benzene rings is 1. The molecule has 4 nitrogen and oxygen atoms in total. The van der Waals surface area contributed by atoms with Crippen molar-refractivity contribution in [2.45, 2.75) is 6.92 Å². The minimum Gasteiger partial charge on any atom is -0.368 e. The van der Waals surface area contributed by atoms with E-state index in [4.69, 9.17) is 23.2 Å². The highest BCUT2D eigenvalue weighted by Gasteiger charge is 2.23. The maximum absolute atomic E-state index is 12.5. The summed E-state index contributed by atoms with van der Waals surface area (Å²) in [6.45, 7) is 5.05. The second kappa shape index (κ2) is 6.77. The largest absolute Gasteiger partial charge is 0.368 e. The Hall–Kier alpha value is -1.78. The fourth-order valence-electron chi connectivity index (χ4n) is 2.71.